The number of H-pyrrole nitrogens is 1. The van der Waals surface area contributed by atoms with Crippen molar-refractivity contribution in [1.29, 1.82) is 0 Å². The molecular formula is C24H19FN6OS. The van der Waals surface area contributed by atoms with Crippen LogP contribution in [0.1, 0.15) is 57.4 Å². The Morgan fingerprint density at radius 1 is 1.21 bits per heavy atom. The summed E-state index contributed by atoms with van der Waals surface area (Å²) >= 11 is 1.52. The van der Waals surface area contributed by atoms with E-state index in [4.69, 9.17) is 0 Å². The number of nitrogens with one attached hydrogen (secondary N) is 2. The van der Waals surface area contributed by atoms with Gasteiger partial charge in [0.2, 0.25) is 5.82 Å². The van der Waals surface area contributed by atoms with E-state index in [0.717, 1.165) is 16.3 Å². The lowest BCUT2D eigenvalue weighted by molar-refractivity contribution is 0.102. The number of rotatable bonds is 4. The maximum absolute atomic E-state index is 14.4. The van der Waals surface area contributed by atoms with Crippen molar-refractivity contribution in [2.45, 2.75) is 32.1 Å². The van der Waals surface area contributed by atoms with Gasteiger partial charge in [-0.1, -0.05) is 18.4 Å². The highest BCUT2D eigenvalue weighted by Gasteiger charge is 2.21. The minimum Gasteiger partial charge on any atom is -0.319 e. The van der Waals surface area contributed by atoms with Gasteiger partial charge >= 0.3 is 0 Å². The second-order valence-corrected chi connectivity index (χ2v) is 8.73. The Morgan fingerprint density at radius 3 is 2.82 bits per heavy atom. The van der Waals surface area contributed by atoms with Crippen molar-refractivity contribution in [3.63, 3.8) is 0 Å². The van der Waals surface area contributed by atoms with Crippen LogP contribution < -0.4 is 5.32 Å². The van der Waals surface area contributed by atoms with Gasteiger partial charge in [0.15, 0.2) is 5.01 Å². The summed E-state index contributed by atoms with van der Waals surface area (Å²) < 4.78 is 14.4. The molecule has 9 heteroatoms. The Hall–Kier alpha value is -3.90. The molecule has 0 radical (unpaired) electrons. The van der Waals surface area contributed by atoms with Crippen molar-refractivity contribution in [3.8, 4) is 23.2 Å². The zero-order chi connectivity index (χ0) is 22.8. The molecule has 0 aliphatic heterocycles. The van der Waals surface area contributed by atoms with Crippen LogP contribution in [0, 0.1) is 24.6 Å². The molecule has 1 aliphatic carbocycles. The van der Waals surface area contributed by atoms with E-state index in [-0.39, 0.29) is 5.69 Å². The first-order valence-electron chi connectivity index (χ1n) is 10.5. The molecular weight excluding hydrogens is 439 g/mol. The number of hydrogen-bond acceptors (Lipinski definition) is 6. The summed E-state index contributed by atoms with van der Waals surface area (Å²) in [5, 5.41) is 19.3. The van der Waals surface area contributed by atoms with E-state index >= 15 is 0 Å². The standard InChI is InChI=1S/C24H19FN6OS/c1-14-11-17(23-28-30-31-29-23)7-8-18(14)24(32)27-20-12-15(5-9-19(20)25)6-10-22-26-21(13-33-22)16-3-2-4-16/h5,7-9,11-13,16H,2-4H2,1H3,(H,27,32)(H,28,29,30,31). The lowest BCUT2D eigenvalue weighted by Gasteiger charge is -2.22. The lowest BCUT2D eigenvalue weighted by Crippen LogP contribution is -2.14. The molecule has 1 amide bonds. The molecule has 0 bridgehead atoms. The first-order chi connectivity index (χ1) is 16.1. The minimum atomic E-state index is -0.531. The summed E-state index contributed by atoms with van der Waals surface area (Å²) in [6.07, 6.45) is 3.64. The van der Waals surface area contributed by atoms with Crippen molar-refractivity contribution >= 4 is 22.9 Å². The van der Waals surface area contributed by atoms with Gasteiger partial charge in [-0.15, -0.1) is 21.5 Å². The van der Waals surface area contributed by atoms with Crippen molar-refractivity contribution < 1.29 is 9.18 Å². The fourth-order valence-corrected chi connectivity index (χ4v) is 4.34. The number of carbonyl (C=O) groups excluding carboxylic acids is 1. The molecule has 164 valence electrons. The molecule has 33 heavy (non-hydrogen) atoms. The van der Waals surface area contributed by atoms with Crippen LogP contribution in [0.25, 0.3) is 11.4 Å². The Kier molecular flexibility index (Phi) is 5.67. The first kappa shape index (κ1) is 21.0. The van der Waals surface area contributed by atoms with Gasteiger partial charge in [0.1, 0.15) is 5.82 Å². The smallest absolute Gasteiger partial charge is 0.256 e. The second kappa shape index (κ2) is 8.92. The predicted octanol–water partition coefficient (Wildman–Crippen LogP) is 4.69. The monoisotopic (exact) mass is 458 g/mol. The zero-order valence-corrected chi connectivity index (χ0v) is 18.5. The summed E-state index contributed by atoms with van der Waals surface area (Å²) in [4.78, 5) is 17.4. The van der Waals surface area contributed by atoms with E-state index < -0.39 is 11.7 Å². The fourth-order valence-electron chi connectivity index (χ4n) is 3.59. The molecule has 5 rings (SSSR count). The van der Waals surface area contributed by atoms with Gasteiger partial charge in [-0.05, 0) is 66.8 Å². The summed E-state index contributed by atoms with van der Waals surface area (Å²) in [6.45, 7) is 1.79. The Labute approximate surface area is 193 Å². The maximum atomic E-state index is 14.4. The third kappa shape index (κ3) is 4.52. The number of halogens is 1. The van der Waals surface area contributed by atoms with Crippen LogP contribution in [0.5, 0.6) is 0 Å². The number of tetrazole rings is 1. The largest absolute Gasteiger partial charge is 0.319 e. The summed E-state index contributed by atoms with van der Waals surface area (Å²) in [6, 6.07) is 9.57. The van der Waals surface area contributed by atoms with Crippen LogP contribution in [-0.2, 0) is 0 Å². The number of hydrogen-bond donors (Lipinski definition) is 2. The van der Waals surface area contributed by atoms with Crippen molar-refractivity contribution in [1.82, 2.24) is 25.6 Å². The molecule has 7 nitrogen and oxygen atoms in total. The van der Waals surface area contributed by atoms with Gasteiger partial charge in [-0.3, -0.25) is 4.79 Å². The average Bonchev–Trinajstić information content (AvgIpc) is 3.45. The average molecular weight is 459 g/mol. The minimum absolute atomic E-state index is 0.0720. The Morgan fingerprint density at radius 2 is 2.09 bits per heavy atom. The number of aryl methyl sites for hydroxylation is 1. The van der Waals surface area contributed by atoms with Crippen LogP contribution >= 0.6 is 11.3 Å². The molecule has 1 aliphatic rings. The van der Waals surface area contributed by atoms with Gasteiger partial charge in [0.05, 0.1) is 11.4 Å². The number of thiazole rings is 1. The van der Waals surface area contributed by atoms with Gasteiger partial charge < -0.3 is 5.32 Å². The number of benzene rings is 2. The normalized spacial score (nSPS) is 13.2. The van der Waals surface area contributed by atoms with Crippen LogP contribution in [0.4, 0.5) is 10.1 Å². The molecule has 2 aromatic carbocycles. The highest BCUT2D eigenvalue weighted by molar-refractivity contribution is 7.10. The molecule has 0 atom stereocenters. The van der Waals surface area contributed by atoms with E-state index in [9.17, 15) is 9.18 Å². The summed E-state index contributed by atoms with van der Waals surface area (Å²) in [5.41, 5.74) is 3.63. The van der Waals surface area contributed by atoms with Gasteiger partial charge in [0.25, 0.3) is 5.91 Å². The molecule has 1 saturated carbocycles. The number of aromatic nitrogens is 5. The third-order valence-corrected chi connectivity index (χ3v) is 6.42. The molecule has 0 saturated heterocycles. The molecule has 2 N–H and O–H groups in total. The molecule has 0 spiro atoms. The lowest BCUT2D eigenvalue weighted by atomic mass is 9.83. The van der Waals surface area contributed by atoms with Crippen LogP contribution in [0.2, 0.25) is 0 Å². The number of carbonyl (C=O) groups is 1. The van der Waals surface area contributed by atoms with E-state index in [2.05, 4.69) is 48.1 Å². The van der Waals surface area contributed by atoms with Crippen molar-refractivity contribution in [2.24, 2.45) is 0 Å². The summed E-state index contributed by atoms with van der Waals surface area (Å²) in [7, 11) is 0. The van der Waals surface area contributed by atoms with Gasteiger partial charge in [0, 0.05) is 28.0 Å². The van der Waals surface area contributed by atoms with E-state index in [1.807, 2.05) is 0 Å². The fraction of sp³-hybridized carbons (Fsp3) is 0.208. The van der Waals surface area contributed by atoms with Crippen molar-refractivity contribution in [3.05, 3.63) is 75.0 Å². The SMILES string of the molecule is Cc1cc(-c2nn[nH]n2)ccc1C(=O)Nc1cc(C#Cc2nc(C3CCC3)cs2)ccc1F. The van der Waals surface area contributed by atoms with E-state index in [1.165, 1.54) is 42.7 Å². The number of aromatic amines is 1. The number of amides is 1. The van der Waals surface area contributed by atoms with Crippen LogP contribution in [0.15, 0.2) is 41.8 Å². The molecule has 1 fully saturated rings. The Balaban J connectivity index is 1.32. The van der Waals surface area contributed by atoms with Gasteiger partial charge in [-0.2, -0.15) is 5.21 Å². The first-order valence-corrected chi connectivity index (χ1v) is 11.4. The summed E-state index contributed by atoms with van der Waals surface area (Å²) in [5.74, 6) is 6.12. The highest BCUT2D eigenvalue weighted by atomic mass is 32.1. The van der Waals surface area contributed by atoms with Crippen LogP contribution in [0.3, 0.4) is 0 Å². The zero-order valence-electron chi connectivity index (χ0n) is 17.7. The van der Waals surface area contributed by atoms with Gasteiger partial charge in [-0.25, -0.2) is 9.37 Å². The van der Waals surface area contributed by atoms with E-state index in [1.54, 1.807) is 31.2 Å². The van der Waals surface area contributed by atoms with Crippen molar-refractivity contribution in [2.75, 3.05) is 5.32 Å². The predicted molar refractivity (Wildman–Crippen MR) is 123 cm³/mol. The van der Waals surface area contributed by atoms with E-state index in [0.29, 0.717) is 28.4 Å². The van der Waals surface area contributed by atoms with Crippen LogP contribution in [-0.4, -0.2) is 31.5 Å². The molecule has 4 aromatic rings. The Bertz CT molecular complexity index is 1380. The topological polar surface area (TPSA) is 96.5 Å². The second-order valence-electron chi connectivity index (χ2n) is 7.87. The maximum Gasteiger partial charge on any atom is 0.256 e. The molecule has 2 aromatic heterocycles. The third-order valence-electron chi connectivity index (χ3n) is 5.65. The highest BCUT2D eigenvalue weighted by Crippen LogP contribution is 2.36. The number of nitrogens with zero attached hydrogens (tertiary/aromatic N) is 4. The number of anilines is 1. The quantitative estimate of drug-likeness (QED) is 0.433. The molecule has 0 unspecified atom stereocenters. The molecule has 2 heterocycles.